The molecule has 2 aromatic carbocycles. The molecular formula is C24H26FN3O2. The maximum Gasteiger partial charge on any atom is 0.242 e. The Bertz CT molecular complexity index is 927. The molecular weight excluding hydrogens is 381 g/mol. The topological polar surface area (TPSA) is 54.5 Å². The number of amides is 1. The van der Waals surface area contributed by atoms with Crippen molar-refractivity contribution in [2.24, 2.45) is 0 Å². The second-order valence-corrected chi connectivity index (χ2v) is 6.81. The van der Waals surface area contributed by atoms with E-state index in [9.17, 15) is 9.18 Å². The fraction of sp³-hybridized carbons (Fsp3) is 0.250. The van der Waals surface area contributed by atoms with E-state index >= 15 is 0 Å². The van der Waals surface area contributed by atoms with Crippen LogP contribution in [0.25, 0.3) is 0 Å². The van der Waals surface area contributed by atoms with Gasteiger partial charge in [0.1, 0.15) is 17.6 Å². The van der Waals surface area contributed by atoms with Crippen molar-refractivity contribution in [3.8, 4) is 11.6 Å². The van der Waals surface area contributed by atoms with Gasteiger partial charge in [-0.3, -0.25) is 9.69 Å². The molecule has 0 radical (unpaired) electrons. The molecule has 0 aliphatic heterocycles. The molecule has 0 spiro atoms. The number of nitrogens with one attached hydrogen (secondary N) is 1. The lowest BCUT2D eigenvalue weighted by molar-refractivity contribution is -0.126. The van der Waals surface area contributed by atoms with Gasteiger partial charge in [0, 0.05) is 18.8 Å². The molecule has 0 aliphatic carbocycles. The minimum Gasteiger partial charge on any atom is -0.439 e. The summed E-state index contributed by atoms with van der Waals surface area (Å²) < 4.78 is 18.6. The van der Waals surface area contributed by atoms with E-state index in [4.69, 9.17) is 4.74 Å². The fourth-order valence-corrected chi connectivity index (χ4v) is 3.24. The summed E-state index contributed by atoms with van der Waals surface area (Å²) in [5, 5.41) is 3.02. The Kier molecular flexibility index (Phi) is 7.51. The molecule has 3 aromatic rings. The summed E-state index contributed by atoms with van der Waals surface area (Å²) in [6.45, 7) is 6.03. The third kappa shape index (κ3) is 5.64. The Labute approximate surface area is 176 Å². The highest BCUT2D eigenvalue weighted by atomic mass is 19.1. The highest BCUT2D eigenvalue weighted by Crippen LogP contribution is 2.22. The molecule has 6 heteroatoms. The van der Waals surface area contributed by atoms with Crippen molar-refractivity contribution in [2.45, 2.75) is 26.4 Å². The predicted octanol–water partition coefficient (Wildman–Crippen LogP) is 4.71. The highest BCUT2D eigenvalue weighted by Gasteiger charge is 2.25. The van der Waals surface area contributed by atoms with Gasteiger partial charge in [-0.15, -0.1) is 0 Å². The Hall–Kier alpha value is -3.25. The van der Waals surface area contributed by atoms with Crippen LogP contribution in [0.1, 0.15) is 31.0 Å². The lowest BCUT2D eigenvalue weighted by atomic mass is 10.0. The smallest absolute Gasteiger partial charge is 0.242 e. The lowest BCUT2D eigenvalue weighted by Gasteiger charge is -2.29. The first kappa shape index (κ1) is 21.5. The molecule has 156 valence electrons. The summed E-state index contributed by atoms with van der Waals surface area (Å²) in [5.41, 5.74) is 1.83. The van der Waals surface area contributed by atoms with Gasteiger partial charge in [0.25, 0.3) is 0 Å². The molecule has 1 aromatic heterocycles. The third-order valence-electron chi connectivity index (χ3n) is 4.84. The molecule has 3 rings (SSSR count). The zero-order valence-corrected chi connectivity index (χ0v) is 17.2. The van der Waals surface area contributed by atoms with Crippen molar-refractivity contribution >= 4 is 5.91 Å². The van der Waals surface area contributed by atoms with Crippen molar-refractivity contribution in [1.29, 1.82) is 0 Å². The van der Waals surface area contributed by atoms with E-state index in [1.807, 2.05) is 36.4 Å². The van der Waals surface area contributed by atoms with Gasteiger partial charge in [0.2, 0.25) is 11.8 Å². The monoisotopic (exact) mass is 407 g/mol. The predicted molar refractivity (Wildman–Crippen MR) is 115 cm³/mol. The molecule has 0 bridgehead atoms. The van der Waals surface area contributed by atoms with Gasteiger partial charge < -0.3 is 10.1 Å². The number of nitrogens with zero attached hydrogens (tertiary/aromatic N) is 2. The van der Waals surface area contributed by atoms with E-state index in [0.717, 1.165) is 24.2 Å². The molecule has 1 atom stereocenters. The van der Waals surface area contributed by atoms with Crippen LogP contribution in [0, 0.1) is 5.82 Å². The van der Waals surface area contributed by atoms with Crippen LogP contribution in [0.2, 0.25) is 0 Å². The number of benzene rings is 2. The van der Waals surface area contributed by atoms with Crippen LogP contribution in [0.4, 0.5) is 4.39 Å². The molecule has 1 N–H and O–H groups in total. The number of pyridine rings is 1. The molecule has 0 fully saturated rings. The van der Waals surface area contributed by atoms with Crippen molar-refractivity contribution in [3.05, 3.63) is 89.9 Å². The normalized spacial score (nSPS) is 11.9. The number of rotatable bonds is 9. The van der Waals surface area contributed by atoms with E-state index in [-0.39, 0.29) is 17.8 Å². The Balaban J connectivity index is 1.63. The van der Waals surface area contributed by atoms with Gasteiger partial charge in [0.15, 0.2) is 0 Å². The van der Waals surface area contributed by atoms with Gasteiger partial charge in [-0.05, 0) is 48.5 Å². The standard InChI is InChI=1S/C24H26FN3O2/c1-3-28(4-2)23(19-8-6-5-7-9-19)24(29)27-17-18-10-15-22(26-16-18)30-21-13-11-20(25)12-14-21/h5-16,23H,3-4,17H2,1-2H3,(H,27,29). The van der Waals surface area contributed by atoms with Crippen molar-refractivity contribution in [3.63, 3.8) is 0 Å². The Morgan fingerprint density at radius 2 is 1.73 bits per heavy atom. The van der Waals surface area contributed by atoms with Gasteiger partial charge >= 0.3 is 0 Å². The van der Waals surface area contributed by atoms with Crippen molar-refractivity contribution in [1.82, 2.24) is 15.2 Å². The van der Waals surface area contributed by atoms with Crippen LogP contribution in [0.15, 0.2) is 72.9 Å². The number of likely N-dealkylation sites (N-methyl/N-ethyl adjacent to an activating group) is 1. The van der Waals surface area contributed by atoms with E-state index in [2.05, 4.69) is 29.0 Å². The SMILES string of the molecule is CCN(CC)C(C(=O)NCc1ccc(Oc2ccc(F)cc2)nc1)c1ccccc1. The summed E-state index contributed by atoms with van der Waals surface area (Å²) >= 11 is 0. The van der Waals surface area contributed by atoms with Gasteiger partial charge in [-0.2, -0.15) is 0 Å². The summed E-state index contributed by atoms with van der Waals surface area (Å²) in [7, 11) is 0. The summed E-state index contributed by atoms with van der Waals surface area (Å²) in [4.78, 5) is 19.4. The van der Waals surface area contributed by atoms with Gasteiger partial charge in [-0.25, -0.2) is 9.37 Å². The van der Waals surface area contributed by atoms with Crippen LogP contribution in [0.3, 0.4) is 0 Å². The fourth-order valence-electron chi connectivity index (χ4n) is 3.24. The Morgan fingerprint density at radius 3 is 2.33 bits per heavy atom. The minimum atomic E-state index is -0.338. The van der Waals surface area contributed by atoms with Gasteiger partial charge in [0.05, 0.1) is 0 Å². The van der Waals surface area contributed by atoms with Crippen molar-refractivity contribution < 1.29 is 13.9 Å². The number of carbonyl (C=O) groups excluding carboxylic acids is 1. The molecule has 1 heterocycles. The molecule has 30 heavy (non-hydrogen) atoms. The molecule has 0 saturated carbocycles. The molecule has 1 unspecified atom stereocenters. The van der Waals surface area contributed by atoms with Gasteiger partial charge in [-0.1, -0.05) is 50.2 Å². The van der Waals surface area contributed by atoms with Crippen LogP contribution in [-0.4, -0.2) is 28.9 Å². The second kappa shape index (κ2) is 10.5. The first-order valence-electron chi connectivity index (χ1n) is 10.1. The number of ether oxygens (including phenoxy) is 1. The summed E-state index contributed by atoms with van der Waals surface area (Å²) in [6, 6.07) is 18.8. The van der Waals surface area contributed by atoms with E-state index in [1.54, 1.807) is 24.4 Å². The highest BCUT2D eigenvalue weighted by molar-refractivity contribution is 5.83. The van der Waals surface area contributed by atoms with E-state index in [0.29, 0.717) is 18.2 Å². The minimum absolute atomic E-state index is 0.0449. The van der Waals surface area contributed by atoms with Crippen LogP contribution in [0.5, 0.6) is 11.6 Å². The number of aromatic nitrogens is 1. The maximum absolute atomic E-state index is 13.0. The average Bonchev–Trinajstić information content (AvgIpc) is 2.79. The van der Waals surface area contributed by atoms with Crippen molar-refractivity contribution in [2.75, 3.05) is 13.1 Å². The average molecular weight is 407 g/mol. The second-order valence-electron chi connectivity index (χ2n) is 6.81. The summed E-state index contributed by atoms with van der Waals surface area (Å²) in [5.74, 6) is 0.549. The number of hydrogen-bond donors (Lipinski definition) is 1. The quantitative estimate of drug-likeness (QED) is 0.558. The zero-order chi connectivity index (χ0) is 21.3. The number of carbonyl (C=O) groups is 1. The number of halogens is 1. The third-order valence-corrected chi connectivity index (χ3v) is 4.84. The molecule has 0 saturated heterocycles. The van der Waals surface area contributed by atoms with Crippen LogP contribution >= 0.6 is 0 Å². The largest absolute Gasteiger partial charge is 0.439 e. The summed E-state index contributed by atoms with van der Waals surface area (Å²) in [6.07, 6.45) is 1.66. The van der Waals surface area contributed by atoms with Crippen LogP contribution in [-0.2, 0) is 11.3 Å². The first-order chi connectivity index (χ1) is 14.6. The number of hydrogen-bond acceptors (Lipinski definition) is 4. The van der Waals surface area contributed by atoms with E-state index < -0.39 is 0 Å². The zero-order valence-electron chi connectivity index (χ0n) is 17.2. The first-order valence-corrected chi connectivity index (χ1v) is 10.1. The Morgan fingerprint density at radius 1 is 1.03 bits per heavy atom. The van der Waals surface area contributed by atoms with E-state index in [1.165, 1.54) is 12.1 Å². The van der Waals surface area contributed by atoms with Crippen LogP contribution < -0.4 is 10.1 Å². The molecule has 1 amide bonds. The molecule has 0 aliphatic rings. The molecule has 5 nitrogen and oxygen atoms in total. The lowest BCUT2D eigenvalue weighted by Crippen LogP contribution is -2.40. The maximum atomic E-state index is 13.0.